The molecule has 1 N–H and O–H groups in total. The third-order valence-electron chi connectivity index (χ3n) is 4.58. The van der Waals surface area contributed by atoms with Crippen LogP contribution in [0.2, 0.25) is 5.02 Å². The van der Waals surface area contributed by atoms with E-state index in [2.05, 4.69) is 12.2 Å². The summed E-state index contributed by atoms with van der Waals surface area (Å²) in [5.74, 6) is 1.63. The molecule has 29 heavy (non-hydrogen) atoms. The summed E-state index contributed by atoms with van der Waals surface area (Å²) in [7, 11) is 0. The number of aryl methyl sites for hydroxylation is 1. The second-order valence-corrected chi connectivity index (χ2v) is 7.57. The Morgan fingerprint density at radius 1 is 1.24 bits per heavy atom. The number of rotatable bonds is 10. The Morgan fingerprint density at radius 3 is 2.72 bits per heavy atom. The summed E-state index contributed by atoms with van der Waals surface area (Å²) >= 11 is 11.7. The first-order valence-corrected chi connectivity index (χ1v) is 10.6. The molecule has 0 radical (unpaired) electrons. The molecule has 0 saturated carbocycles. The van der Waals surface area contributed by atoms with Crippen molar-refractivity contribution in [2.45, 2.75) is 45.7 Å². The van der Waals surface area contributed by atoms with E-state index in [0.717, 1.165) is 36.5 Å². The van der Waals surface area contributed by atoms with Gasteiger partial charge in [-0.1, -0.05) is 24.9 Å². The summed E-state index contributed by atoms with van der Waals surface area (Å²) in [4.78, 5) is 12.2. The standard InChI is InChI=1S/C21H25ClN4O2S/c1-2-3-13-25-20(16-6-8-17(22)9-7-16)24-26(21(25)29)14-11-19(27)23-12-10-18-5-4-15-28-18/h4-9,15H,2-3,10-14H2,1H3,(H,23,27). The van der Waals surface area contributed by atoms with Crippen molar-refractivity contribution in [3.05, 3.63) is 58.2 Å². The van der Waals surface area contributed by atoms with Crippen LogP contribution in [0.15, 0.2) is 47.1 Å². The fourth-order valence-electron chi connectivity index (χ4n) is 2.99. The number of furan rings is 1. The van der Waals surface area contributed by atoms with Gasteiger partial charge < -0.3 is 9.73 Å². The van der Waals surface area contributed by atoms with Crippen molar-refractivity contribution < 1.29 is 9.21 Å². The molecule has 0 saturated heterocycles. The molecule has 0 aliphatic heterocycles. The normalized spacial score (nSPS) is 11.0. The fraction of sp³-hybridized carbons (Fsp3) is 0.381. The lowest BCUT2D eigenvalue weighted by molar-refractivity contribution is -0.121. The van der Waals surface area contributed by atoms with Gasteiger partial charge in [0.2, 0.25) is 5.91 Å². The number of hydrogen-bond acceptors (Lipinski definition) is 4. The molecule has 0 bridgehead atoms. The lowest BCUT2D eigenvalue weighted by atomic mass is 10.2. The van der Waals surface area contributed by atoms with Gasteiger partial charge in [0.1, 0.15) is 5.76 Å². The Bertz CT molecular complexity index is 977. The molecule has 6 nitrogen and oxygen atoms in total. The van der Waals surface area contributed by atoms with E-state index in [9.17, 15) is 4.79 Å². The molecular formula is C21H25ClN4O2S. The number of carbonyl (C=O) groups is 1. The summed E-state index contributed by atoms with van der Waals surface area (Å²) in [6.45, 7) is 3.91. The summed E-state index contributed by atoms with van der Waals surface area (Å²) in [6.07, 6.45) is 4.69. The van der Waals surface area contributed by atoms with Gasteiger partial charge in [-0.15, -0.1) is 0 Å². The second-order valence-electron chi connectivity index (χ2n) is 6.77. The maximum Gasteiger partial charge on any atom is 0.221 e. The summed E-state index contributed by atoms with van der Waals surface area (Å²) in [5, 5.41) is 8.28. The first-order chi connectivity index (χ1) is 14.1. The Hall–Kier alpha value is -2.38. The number of halogens is 1. The SMILES string of the molecule is CCCCn1c(-c2ccc(Cl)cc2)nn(CCC(=O)NCCc2ccco2)c1=S. The van der Waals surface area contributed by atoms with Gasteiger partial charge in [-0.25, -0.2) is 4.68 Å². The van der Waals surface area contributed by atoms with E-state index in [0.29, 0.717) is 35.7 Å². The van der Waals surface area contributed by atoms with Crippen LogP contribution in [0.25, 0.3) is 11.4 Å². The van der Waals surface area contributed by atoms with Crippen molar-refractivity contribution in [1.29, 1.82) is 0 Å². The van der Waals surface area contributed by atoms with Gasteiger partial charge in [0.15, 0.2) is 10.6 Å². The predicted molar refractivity (Wildman–Crippen MR) is 116 cm³/mol. The van der Waals surface area contributed by atoms with Gasteiger partial charge in [-0.3, -0.25) is 9.36 Å². The van der Waals surface area contributed by atoms with Crippen molar-refractivity contribution >= 4 is 29.7 Å². The Morgan fingerprint density at radius 2 is 2.03 bits per heavy atom. The van der Waals surface area contributed by atoms with E-state index < -0.39 is 0 Å². The molecule has 8 heteroatoms. The third-order valence-corrected chi connectivity index (χ3v) is 5.27. The molecule has 1 amide bonds. The quantitative estimate of drug-likeness (QED) is 0.464. The van der Waals surface area contributed by atoms with Crippen LogP contribution >= 0.6 is 23.8 Å². The van der Waals surface area contributed by atoms with Crippen molar-refractivity contribution in [3.8, 4) is 11.4 Å². The molecule has 1 aromatic carbocycles. The predicted octanol–water partition coefficient (Wildman–Crippen LogP) is 4.88. The van der Waals surface area contributed by atoms with E-state index in [4.69, 9.17) is 33.3 Å². The van der Waals surface area contributed by atoms with Gasteiger partial charge in [0.25, 0.3) is 0 Å². The second kappa shape index (κ2) is 10.4. The lowest BCUT2D eigenvalue weighted by Gasteiger charge is -2.06. The van der Waals surface area contributed by atoms with E-state index >= 15 is 0 Å². The molecule has 0 aliphatic rings. The highest BCUT2D eigenvalue weighted by Crippen LogP contribution is 2.21. The number of aromatic nitrogens is 3. The van der Waals surface area contributed by atoms with E-state index in [1.807, 2.05) is 41.0 Å². The molecule has 0 atom stereocenters. The van der Waals surface area contributed by atoms with Crippen LogP contribution in [-0.2, 0) is 24.3 Å². The number of carbonyl (C=O) groups excluding carboxylic acids is 1. The molecule has 0 aliphatic carbocycles. The van der Waals surface area contributed by atoms with Crippen molar-refractivity contribution in [3.63, 3.8) is 0 Å². The van der Waals surface area contributed by atoms with Crippen LogP contribution < -0.4 is 5.32 Å². The van der Waals surface area contributed by atoms with Crippen molar-refractivity contribution in [2.75, 3.05) is 6.54 Å². The average Bonchev–Trinajstić information content (AvgIpc) is 3.34. The summed E-state index contributed by atoms with van der Waals surface area (Å²) in [6, 6.07) is 11.3. The molecule has 2 aromatic heterocycles. The zero-order valence-corrected chi connectivity index (χ0v) is 18.0. The molecule has 154 valence electrons. The van der Waals surface area contributed by atoms with Crippen LogP contribution in [0.3, 0.4) is 0 Å². The zero-order chi connectivity index (χ0) is 20.6. The minimum Gasteiger partial charge on any atom is -0.469 e. The molecule has 2 heterocycles. The minimum atomic E-state index is -0.0328. The Labute approximate surface area is 180 Å². The molecule has 0 unspecified atom stereocenters. The van der Waals surface area contributed by atoms with E-state index in [1.165, 1.54) is 0 Å². The maximum absolute atomic E-state index is 12.2. The first kappa shape index (κ1) is 21.3. The van der Waals surface area contributed by atoms with Crippen LogP contribution in [0.5, 0.6) is 0 Å². The van der Waals surface area contributed by atoms with Gasteiger partial charge in [-0.05, 0) is 55.0 Å². The molecule has 3 rings (SSSR count). The summed E-state index contributed by atoms with van der Waals surface area (Å²) in [5.41, 5.74) is 0.957. The van der Waals surface area contributed by atoms with Crippen LogP contribution in [0, 0.1) is 4.77 Å². The van der Waals surface area contributed by atoms with Gasteiger partial charge in [0, 0.05) is 36.5 Å². The Kier molecular flexibility index (Phi) is 7.66. The third kappa shape index (κ3) is 5.81. The fourth-order valence-corrected chi connectivity index (χ4v) is 3.43. The zero-order valence-electron chi connectivity index (χ0n) is 16.4. The minimum absolute atomic E-state index is 0.0328. The monoisotopic (exact) mass is 432 g/mol. The van der Waals surface area contributed by atoms with Crippen LogP contribution in [0.1, 0.15) is 31.9 Å². The van der Waals surface area contributed by atoms with Gasteiger partial charge in [0.05, 0.1) is 12.8 Å². The first-order valence-electron chi connectivity index (χ1n) is 9.81. The van der Waals surface area contributed by atoms with Crippen molar-refractivity contribution in [1.82, 2.24) is 19.7 Å². The number of unbranched alkanes of at least 4 members (excludes halogenated alkanes) is 1. The van der Waals surface area contributed by atoms with Crippen LogP contribution in [0.4, 0.5) is 0 Å². The number of benzene rings is 1. The Balaban J connectivity index is 1.66. The van der Waals surface area contributed by atoms with Gasteiger partial charge in [-0.2, -0.15) is 5.10 Å². The van der Waals surface area contributed by atoms with Gasteiger partial charge >= 0.3 is 0 Å². The molecule has 0 spiro atoms. The molecule has 3 aromatic rings. The summed E-state index contributed by atoms with van der Waals surface area (Å²) < 4.78 is 9.67. The number of nitrogens with one attached hydrogen (secondary N) is 1. The van der Waals surface area contributed by atoms with Crippen LogP contribution in [-0.4, -0.2) is 26.8 Å². The number of hydrogen-bond donors (Lipinski definition) is 1. The highest BCUT2D eigenvalue weighted by Gasteiger charge is 2.13. The molecule has 0 fully saturated rings. The van der Waals surface area contributed by atoms with Crippen molar-refractivity contribution in [2.24, 2.45) is 0 Å². The lowest BCUT2D eigenvalue weighted by Crippen LogP contribution is -2.26. The largest absolute Gasteiger partial charge is 0.469 e. The van der Waals surface area contributed by atoms with E-state index in [1.54, 1.807) is 10.9 Å². The maximum atomic E-state index is 12.2. The number of amides is 1. The highest BCUT2D eigenvalue weighted by atomic mass is 35.5. The number of nitrogens with zero attached hydrogens (tertiary/aromatic N) is 3. The van der Waals surface area contributed by atoms with E-state index in [-0.39, 0.29) is 5.91 Å². The smallest absolute Gasteiger partial charge is 0.221 e. The average molecular weight is 433 g/mol. The highest BCUT2D eigenvalue weighted by molar-refractivity contribution is 7.71. The molecular weight excluding hydrogens is 408 g/mol. The topological polar surface area (TPSA) is 65.0 Å².